The van der Waals surface area contributed by atoms with Crippen LogP contribution in [0.3, 0.4) is 0 Å². The first-order valence-electron chi connectivity index (χ1n) is 4.17. The summed E-state index contributed by atoms with van der Waals surface area (Å²) in [5.74, 6) is 0. The van der Waals surface area contributed by atoms with E-state index in [1.165, 1.54) is 17.0 Å². The van der Waals surface area contributed by atoms with Crippen LogP contribution in [0.4, 0.5) is 0 Å². The summed E-state index contributed by atoms with van der Waals surface area (Å²) in [5.41, 5.74) is 4.01. The molecule has 1 aromatic heterocycles. The fraction of sp³-hybridized carbons (Fsp3) is 0.444. The van der Waals surface area contributed by atoms with Crippen molar-refractivity contribution >= 4 is 0 Å². The third-order valence-electron chi connectivity index (χ3n) is 2.18. The topological polar surface area (TPSA) is 96.1 Å². The van der Waals surface area contributed by atoms with E-state index in [-0.39, 0.29) is 0 Å². The van der Waals surface area contributed by atoms with Gasteiger partial charge in [-0.25, -0.2) is 23.2 Å². The predicted molar refractivity (Wildman–Crippen MR) is 41.8 cm³/mol. The van der Waals surface area contributed by atoms with Crippen LogP contribution in [-0.4, -0.2) is 0 Å². The van der Waals surface area contributed by atoms with E-state index < -0.39 is 10.2 Å². The first-order chi connectivity index (χ1) is 6.63. The van der Waals surface area contributed by atoms with Crippen LogP contribution in [0.25, 0.3) is 0 Å². The molecule has 0 saturated carbocycles. The molecule has 0 aliphatic heterocycles. The number of nitrogens with zero attached hydrogens (tertiary/aromatic N) is 1. The lowest BCUT2D eigenvalue weighted by Crippen LogP contribution is -2.68. The normalized spacial score (nSPS) is 10.7. The van der Waals surface area contributed by atoms with Crippen LogP contribution in [0, 0.1) is 31.0 Å². The highest BCUT2D eigenvalue weighted by molar-refractivity contribution is 5.13. The molecule has 86 valence electrons. The molecule has 0 amide bonds. The lowest BCUT2D eigenvalue weighted by atomic mass is 10.2. The first-order valence-corrected chi connectivity index (χ1v) is 5.41. The Bertz CT molecular complexity index is 303. The fourth-order valence-electron chi connectivity index (χ4n) is 1.01. The molecular weight excluding hydrogens is 222 g/mol. The zero-order valence-electron chi connectivity index (χ0n) is 9.11. The van der Waals surface area contributed by atoms with Gasteiger partial charge in [-0.05, 0) is 13.0 Å². The molecule has 15 heavy (non-hydrogen) atoms. The summed E-state index contributed by atoms with van der Waals surface area (Å²) in [6.07, 6.45) is 0. The van der Waals surface area contributed by atoms with Crippen molar-refractivity contribution in [3.8, 4) is 0 Å². The highest BCUT2D eigenvalue weighted by Crippen LogP contribution is 2.00. The second kappa shape index (κ2) is 5.39. The number of pyridine rings is 1. The minimum absolute atomic E-state index is 1.31. The Morgan fingerprint density at radius 2 is 1.40 bits per heavy atom. The van der Waals surface area contributed by atoms with Crippen LogP contribution in [0.1, 0.15) is 17.0 Å². The van der Waals surface area contributed by atoms with Crippen molar-refractivity contribution in [3.63, 3.8) is 0 Å². The molecule has 1 aromatic rings. The van der Waals surface area contributed by atoms with Crippen molar-refractivity contribution in [1.82, 2.24) is 0 Å². The number of aryl methyl sites for hydroxylation is 2. The van der Waals surface area contributed by atoms with Gasteiger partial charge in [0.25, 0.3) is 0 Å². The van der Waals surface area contributed by atoms with Gasteiger partial charge in [0, 0.05) is 25.5 Å². The van der Waals surface area contributed by atoms with Gasteiger partial charge in [-0.1, -0.05) is 0 Å². The largest absolute Gasteiger partial charge is 0.222 e. The van der Waals surface area contributed by atoms with Crippen molar-refractivity contribution in [2.75, 3.05) is 0 Å². The average molecular weight is 236 g/mol. The average Bonchev–Trinajstić information content (AvgIpc) is 2.05. The molecule has 0 unspecified atom stereocenters. The molecule has 0 radical (unpaired) electrons. The van der Waals surface area contributed by atoms with Gasteiger partial charge < -0.3 is 0 Å². The standard InChI is InChI=1S/C9H14N.ClHO4/c1-7-5-6-8(2)10(4)9(7)3;2-1(3,4)5/h5-6H,1-4H3;(H,2,3,4,5)/q+1;/p-1. The Balaban J connectivity index is 0.000000336. The third-order valence-corrected chi connectivity index (χ3v) is 2.18. The Kier molecular flexibility index (Phi) is 5.13. The van der Waals surface area contributed by atoms with Crippen LogP contribution >= 0.6 is 0 Å². The molecule has 1 rings (SSSR count). The molecule has 5 nitrogen and oxygen atoms in total. The summed E-state index contributed by atoms with van der Waals surface area (Å²) in [6, 6.07) is 4.30. The molecule has 0 fully saturated rings. The summed E-state index contributed by atoms with van der Waals surface area (Å²) in [4.78, 5) is 0. The minimum atomic E-state index is -4.94. The fourth-order valence-corrected chi connectivity index (χ4v) is 1.01. The smallest absolute Gasteiger partial charge is 0.181 e. The zero-order chi connectivity index (χ0) is 12.2. The van der Waals surface area contributed by atoms with E-state index in [4.69, 9.17) is 18.6 Å². The summed E-state index contributed by atoms with van der Waals surface area (Å²) in [6.45, 7) is 6.39. The predicted octanol–water partition coefficient (Wildman–Crippen LogP) is -3.32. The monoisotopic (exact) mass is 235 g/mol. The Morgan fingerprint density at radius 3 is 1.73 bits per heavy atom. The Morgan fingerprint density at radius 1 is 1.00 bits per heavy atom. The summed E-state index contributed by atoms with van der Waals surface area (Å²) in [5, 5.41) is 0. The van der Waals surface area contributed by atoms with Crippen LogP contribution in [0.5, 0.6) is 0 Å². The van der Waals surface area contributed by atoms with E-state index in [0.29, 0.717) is 0 Å². The second-order valence-electron chi connectivity index (χ2n) is 3.18. The Labute approximate surface area is 91.0 Å². The van der Waals surface area contributed by atoms with Gasteiger partial charge >= 0.3 is 0 Å². The van der Waals surface area contributed by atoms with Gasteiger partial charge in [0.1, 0.15) is 7.05 Å². The third kappa shape index (κ3) is 6.38. The summed E-state index contributed by atoms with van der Waals surface area (Å²) >= 11 is 0. The summed E-state index contributed by atoms with van der Waals surface area (Å²) in [7, 11) is -2.85. The van der Waals surface area contributed by atoms with Crippen molar-refractivity contribution < 1.29 is 33.4 Å². The highest BCUT2D eigenvalue weighted by atomic mass is 35.7. The molecule has 1 heterocycles. The van der Waals surface area contributed by atoms with Crippen LogP contribution in [0.2, 0.25) is 0 Å². The van der Waals surface area contributed by atoms with E-state index >= 15 is 0 Å². The molecular formula is C9H14ClNO4. The van der Waals surface area contributed by atoms with E-state index in [1.807, 2.05) is 0 Å². The molecule has 0 aromatic carbocycles. The number of aromatic nitrogens is 1. The molecule has 6 heteroatoms. The van der Waals surface area contributed by atoms with Crippen molar-refractivity contribution in [3.05, 3.63) is 29.1 Å². The van der Waals surface area contributed by atoms with Crippen LogP contribution in [-0.2, 0) is 7.05 Å². The minimum Gasteiger partial charge on any atom is -0.222 e. The van der Waals surface area contributed by atoms with E-state index in [0.717, 1.165) is 0 Å². The quantitative estimate of drug-likeness (QED) is 0.440. The van der Waals surface area contributed by atoms with Crippen molar-refractivity contribution in [1.29, 1.82) is 0 Å². The van der Waals surface area contributed by atoms with Gasteiger partial charge in [0.2, 0.25) is 0 Å². The maximum Gasteiger partial charge on any atom is 0.181 e. The van der Waals surface area contributed by atoms with Gasteiger partial charge in [-0.15, -0.1) is 10.2 Å². The number of halogens is 1. The molecule has 0 spiro atoms. The first kappa shape index (κ1) is 14.3. The molecule has 0 saturated heterocycles. The molecule has 0 N–H and O–H groups in total. The lowest BCUT2D eigenvalue weighted by molar-refractivity contribution is -2.00. The van der Waals surface area contributed by atoms with Gasteiger partial charge in [-0.3, -0.25) is 0 Å². The number of hydrogen-bond acceptors (Lipinski definition) is 4. The molecule has 0 aliphatic rings. The number of hydrogen-bond donors (Lipinski definition) is 0. The SMILES string of the molecule is Cc1ccc(C)[n+](C)c1C.[O-][Cl+3]([O-])([O-])[O-]. The van der Waals surface area contributed by atoms with Gasteiger partial charge in [0.15, 0.2) is 11.4 Å². The van der Waals surface area contributed by atoms with Crippen molar-refractivity contribution in [2.45, 2.75) is 20.8 Å². The van der Waals surface area contributed by atoms with Crippen molar-refractivity contribution in [2.24, 2.45) is 7.05 Å². The highest BCUT2D eigenvalue weighted by Gasteiger charge is 2.05. The maximum absolute atomic E-state index is 8.49. The van der Waals surface area contributed by atoms with Gasteiger partial charge in [0.05, 0.1) is 0 Å². The van der Waals surface area contributed by atoms with Crippen LogP contribution in [0.15, 0.2) is 12.1 Å². The Hall–Kier alpha value is -0.720. The second-order valence-corrected chi connectivity index (χ2v) is 3.94. The molecule has 0 atom stereocenters. The van der Waals surface area contributed by atoms with Gasteiger partial charge in [-0.2, -0.15) is 0 Å². The number of rotatable bonds is 0. The van der Waals surface area contributed by atoms with E-state index in [1.54, 1.807) is 0 Å². The summed E-state index contributed by atoms with van der Waals surface area (Å²) < 4.78 is 36.2. The lowest BCUT2D eigenvalue weighted by Gasteiger charge is -2.17. The zero-order valence-corrected chi connectivity index (χ0v) is 9.87. The van der Waals surface area contributed by atoms with E-state index in [2.05, 4.69) is 44.5 Å². The maximum atomic E-state index is 8.49. The van der Waals surface area contributed by atoms with Crippen LogP contribution < -0.4 is 23.2 Å². The molecule has 0 aliphatic carbocycles. The van der Waals surface area contributed by atoms with E-state index in [9.17, 15) is 0 Å². The molecule has 0 bridgehead atoms.